The van der Waals surface area contributed by atoms with Gasteiger partial charge in [-0.2, -0.15) is 13.2 Å². The van der Waals surface area contributed by atoms with Gasteiger partial charge in [0, 0.05) is 10.6 Å². The predicted molar refractivity (Wildman–Crippen MR) is 99.0 cm³/mol. The van der Waals surface area contributed by atoms with E-state index in [1.54, 1.807) is 31.2 Å². The number of halogens is 4. The number of hydrogen-bond acceptors (Lipinski definition) is 4. The quantitative estimate of drug-likeness (QED) is 0.471. The third kappa shape index (κ3) is 4.31. The molecule has 8 heteroatoms. The molecule has 0 amide bonds. The van der Waals surface area contributed by atoms with Crippen molar-refractivity contribution < 1.29 is 22.7 Å². The molecule has 0 saturated carbocycles. The fraction of sp³-hybridized carbons (Fsp3) is 0.158. The minimum atomic E-state index is -4.43. The molecule has 0 aliphatic heterocycles. The normalized spacial score (nSPS) is 11.4. The highest BCUT2D eigenvalue weighted by Gasteiger charge is 2.30. The zero-order valence-electron chi connectivity index (χ0n) is 14.0. The van der Waals surface area contributed by atoms with Crippen molar-refractivity contribution in [2.24, 2.45) is 0 Å². The molecule has 0 aliphatic carbocycles. The van der Waals surface area contributed by atoms with Crippen LogP contribution in [0.3, 0.4) is 0 Å². The molecular weight excluding hydrogens is 399 g/mol. The highest BCUT2D eigenvalue weighted by Crippen LogP contribution is 2.38. The maximum Gasteiger partial charge on any atom is 0.416 e. The molecule has 3 rings (SSSR count). The first-order valence-corrected chi connectivity index (χ1v) is 9.10. The van der Waals surface area contributed by atoms with Crippen molar-refractivity contribution in [1.29, 1.82) is 0 Å². The van der Waals surface area contributed by atoms with Crippen LogP contribution >= 0.6 is 22.9 Å². The first kappa shape index (κ1) is 19.4. The number of thiazole rings is 1. The van der Waals surface area contributed by atoms with Gasteiger partial charge in [-0.15, -0.1) is 11.3 Å². The number of aromatic nitrogens is 1. The van der Waals surface area contributed by atoms with E-state index in [1.165, 1.54) is 23.5 Å². The van der Waals surface area contributed by atoms with Gasteiger partial charge < -0.3 is 4.74 Å². The van der Waals surface area contributed by atoms with Gasteiger partial charge in [-0.1, -0.05) is 35.9 Å². The van der Waals surface area contributed by atoms with E-state index in [2.05, 4.69) is 4.98 Å². The van der Waals surface area contributed by atoms with Gasteiger partial charge in [-0.25, -0.2) is 9.78 Å². The van der Waals surface area contributed by atoms with Gasteiger partial charge in [-0.05, 0) is 36.8 Å². The zero-order valence-corrected chi connectivity index (χ0v) is 15.6. The Labute approximate surface area is 162 Å². The van der Waals surface area contributed by atoms with Gasteiger partial charge in [0.25, 0.3) is 0 Å². The molecule has 140 valence electrons. The second-order valence-corrected chi connectivity index (χ2v) is 6.93. The topological polar surface area (TPSA) is 39.2 Å². The number of carbonyl (C=O) groups is 1. The fourth-order valence-corrected chi connectivity index (χ4v) is 3.57. The molecule has 0 N–H and O–H groups in total. The molecule has 2 aromatic carbocycles. The van der Waals surface area contributed by atoms with Gasteiger partial charge >= 0.3 is 12.1 Å². The summed E-state index contributed by atoms with van der Waals surface area (Å²) in [4.78, 5) is 17.1. The zero-order chi connectivity index (χ0) is 19.6. The summed E-state index contributed by atoms with van der Waals surface area (Å²) >= 11 is 7.09. The molecule has 0 radical (unpaired) electrons. The van der Waals surface area contributed by atoms with Crippen LogP contribution in [-0.4, -0.2) is 17.6 Å². The van der Waals surface area contributed by atoms with Crippen molar-refractivity contribution in [1.82, 2.24) is 4.98 Å². The summed E-state index contributed by atoms with van der Waals surface area (Å²) in [6.45, 7) is 1.83. The summed E-state index contributed by atoms with van der Waals surface area (Å²) in [5.74, 6) is -0.621. The number of rotatable bonds is 4. The molecule has 0 atom stereocenters. The molecule has 0 unspecified atom stereocenters. The van der Waals surface area contributed by atoms with E-state index in [-0.39, 0.29) is 12.3 Å². The van der Waals surface area contributed by atoms with E-state index in [4.69, 9.17) is 16.3 Å². The molecule has 1 heterocycles. The highest BCUT2D eigenvalue weighted by molar-refractivity contribution is 7.18. The number of carbonyl (C=O) groups excluding carboxylic acids is 1. The lowest BCUT2D eigenvalue weighted by atomic mass is 10.1. The minimum absolute atomic E-state index is 0.0755. The van der Waals surface area contributed by atoms with Gasteiger partial charge in [0.15, 0.2) is 5.69 Å². The average molecular weight is 412 g/mol. The average Bonchev–Trinajstić information content (AvgIpc) is 3.07. The van der Waals surface area contributed by atoms with Crippen molar-refractivity contribution in [3.05, 3.63) is 64.8 Å². The van der Waals surface area contributed by atoms with Gasteiger partial charge in [0.1, 0.15) is 5.01 Å². The Bertz CT molecular complexity index is 951. The Morgan fingerprint density at radius 2 is 1.67 bits per heavy atom. The van der Waals surface area contributed by atoms with Crippen LogP contribution in [0.2, 0.25) is 5.02 Å². The second-order valence-electron chi connectivity index (χ2n) is 5.50. The van der Waals surface area contributed by atoms with E-state index >= 15 is 0 Å². The summed E-state index contributed by atoms with van der Waals surface area (Å²) in [5, 5.41) is 1.11. The Hall–Kier alpha value is -2.38. The number of esters is 1. The third-order valence-corrected chi connectivity index (χ3v) is 5.07. The van der Waals surface area contributed by atoms with Gasteiger partial charge in [0.2, 0.25) is 0 Å². The van der Waals surface area contributed by atoms with Gasteiger partial charge in [0.05, 0.1) is 17.0 Å². The largest absolute Gasteiger partial charge is 0.461 e. The standard InChI is InChI=1S/C19H13ClF3NO2S/c1-2-26-18(25)15-16(11-3-7-13(8-4-11)19(21,22)23)27-17(24-15)12-5-9-14(20)10-6-12/h3-10H,2H2,1H3. The van der Waals surface area contributed by atoms with Crippen molar-refractivity contribution in [2.75, 3.05) is 6.61 Å². The lowest BCUT2D eigenvalue weighted by Gasteiger charge is -2.07. The molecule has 0 bridgehead atoms. The van der Waals surface area contributed by atoms with Crippen LogP contribution in [0.1, 0.15) is 23.0 Å². The molecule has 0 saturated heterocycles. The van der Waals surface area contributed by atoms with Crippen LogP contribution in [0.15, 0.2) is 48.5 Å². The summed E-state index contributed by atoms with van der Waals surface area (Å²) < 4.78 is 43.4. The lowest BCUT2D eigenvalue weighted by Crippen LogP contribution is -2.07. The monoisotopic (exact) mass is 411 g/mol. The molecular formula is C19H13ClF3NO2S. The number of benzene rings is 2. The summed E-state index contributed by atoms with van der Waals surface area (Å²) in [5.41, 5.74) is 0.523. The SMILES string of the molecule is CCOC(=O)c1nc(-c2ccc(Cl)cc2)sc1-c1ccc(C(F)(F)F)cc1. The third-order valence-electron chi connectivity index (χ3n) is 3.66. The summed E-state index contributed by atoms with van der Waals surface area (Å²) in [6, 6.07) is 11.5. The predicted octanol–water partition coefficient (Wildman–Crippen LogP) is 6.33. The van der Waals surface area contributed by atoms with E-state index in [0.717, 1.165) is 17.7 Å². The first-order chi connectivity index (χ1) is 12.8. The number of nitrogens with zero attached hydrogens (tertiary/aromatic N) is 1. The van der Waals surface area contributed by atoms with E-state index in [1.807, 2.05) is 0 Å². The Kier molecular flexibility index (Phi) is 5.53. The van der Waals surface area contributed by atoms with Crippen molar-refractivity contribution in [3.63, 3.8) is 0 Å². The summed E-state index contributed by atoms with van der Waals surface area (Å²) in [6.07, 6.45) is -4.43. The van der Waals surface area contributed by atoms with E-state index in [9.17, 15) is 18.0 Å². The summed E-state index contributed by atoms with van der Waals surface area (Å²) in [7, 11) is 0. The van der Waals surface area contributed by atoms with E-state index < -0.39 is 17.7 Å². The Morgan fingerprint density at radius 1 is 1.07 bits per heavy atom. The molecule has 0 fully saturated rings. The molecule has 1 aromatic heterocycles. The van der Waals surface area contributed by atoms with Crippen molar-refractivity contribution >= 4 is 28.9 Å². The minimum Gasteiger partial charge on any atom is -0.461 e. The fourth-order valence-electron chi connectivity index (χ4n) is 2.38. The lowest BCUT2D eigenvalue weighted by molar-refractivity contribution is -0.137. The van der Waals surface area contributed by atoms with Crippen LogP contribution in [0.25, 0.3) is 21.0 Å². The van der Waals surface area contributed by atoms with Crippen LogP contribution in [0, 0.1) is 0 Å². The maximum absolute atomic E-state index is 12.8. The molecule has 27 heavy (non-hydrogen) atoms. The number of alkyl halides is 3. The Morgan fingerprint density at radius 3 is 2.22 bits per heavy atom. The number of hydrogen-bond donors (Lipinski definition) is 0. The van der Waals surface area contributed by atoms with Crippen molar-refractivity contribution in [3.8, 4) is 21.0 Å². The van der Waals surface area contributed by atoms with Crippen LogP contribution in [0.4, 0.5) is 13.2 Å². The molecule has 0 aliphatic rings. The number of ether oxygens (including phenoxy) is 1. The van der Waals surface area contributed by atoms with Crippen LogP contribution < -0.4 is 0 Å². The van der Waals surface area contributed by atoms with Crippen LogP contribution in [0.5, 0.6) is 0 Å². The Balaban J connectivity index is 2.07. The molecule has 0 spiro atoms. The van der Waals surface area contributed by atoms with Gasteiger partial charge in [-0.3, -0.25) is 0 Å². The van der Waals surface area contributed by atoms with Crippen molar-refractivity contribution in [2.45, 2.75) is 13.1 Å². The molecule has 3 aromatic rings. The first-order valence-electron chi connectivity index (χ1n) is 7.91. The smallest absolute Gasteiger partial charge is 0.416 e. The molecule has 3 nitrogen and oxygen atoms in total. The highest BCUT2D eigenvalue weighted by atomic mass is 35.5. The van der Waals surface area contributed by atoms with E-state index in [0.29, 0.717) is 20.5 Å². The van der Waals surface area contributed by atoms with Crippen LogP contribution in [-0.2, 0) is 10.9 Å². The second kappa shape index (κ2) is 7.70. The maximum atomic E-state index is 12.8.